The van der Waals surface area contributed by atoms with Gasteiger partial charge in [0, 0.05) is 24.1 Å². The number of hydrogen-bond acceptors (Lipinski definition) is 4. The Hall–Kier alpha value is -1.41. The summed E-state index contributed by atoms with van der Waals surface area (Å²) < 4.78 is 53.9. The van der Waals surface area contributed by atoms with Gasteiger partial charge in [-0.2, -0.15) is 8.78 Å². The van der Waals surface area contributed by atoms with E-state index in [0.29, 0.717) is 12.1 Å². The Morgan fingerprint density at radius 3 is 2.70 bits per heavy atom. The van der Waals surface area contributed by atoms with Gasteiger partial charge in [-0.3, -0.25) is 4.98 Å². The van der Waals surface area contributed by atoms with Gasteiger partial charge >= 0.3 is 12.3 Å². The number of nitrogen functional groups attached to an aromatic ring is 1. The maximum Gasteiger partial charge on any atom is 0.330 e. The molecule has 3 N–H and O–H groups in total. The van der Waals surface area contributed by atoms with Gasteiger partial charge in [0.1, 0.15) is 6.61 Å². The molecule has 0 spiro atoms. The molecule has 0 amide bonds. The molecule has 1 heterocycles. The lowest BCUT2D eigenvalue weighted by Gasteiger charge is -2.20. The van der Waals surface area contributed by atoms with E-state index in [2.05, 4.69) is 15.0 Å². The van der Waals surface area contributed by atoms with Crippen LogP contribution in [0.5, 0.6) is 0 Å². The normalized spacial score (nSPS) is 13.7. The number of aromatic nitrogens is 1. The van der Waals surface area contributed by atoms with Crippen LogP contribution in [0.1, 0.15) is 5.56 Å². The molecule has 0 saturated heterocycles. The third-order valence-electron chi connectivity index (χ3n) is 2.75. The lowest BCUT2D eigenvalue weighted by molar-refractivity contribution is -0.166. The van der Waals surface area contributed by atoms with Crippen LogP contribution in [0.3, 0.4) is 0 Å². The minimum atomic E-state index is -4.13. The number of ether oxygens (including phenoxy) is 1. The second kappa shape index (κ2) is 7.39. The van der Waals surface area contributed by atoms with Crippen molar-refractivity contribution in [1.82, 2.24) is 10.3 Å². The topological polar surface area (TPSA) is 60.2 Å². The standard InChI is InChI=1S/C12H17F4N3O/c1-18-9(4-8-5-19-3-2-10(8)17)6-20-7-12(15,16)11(13)14/h2-3,5,9,11,18H,4,6-7H2,1H3,(H2,17,19). The Labute approximate surface area is 114 Å². The van der Waals surface area contributed by atoms with Crippen LogP contribution < -0.4 is 11.1 Å². The fourth-order valence-electron chi connectivity index (χ4n) is 1.52. The van der Waals surface area contributed by atoms with Crippen molar-refractivity contribution in [3.05, 3.63) is 24.0 Å². The van der Waals surface area contributed by atoms with Gasteiger partial charge in [-0.15, -0.1) is 0 Å². The van der Waals surface area contributed by atoms with E-state index in [1.807, 2.05) is 0 Å². The molecule has 1 aromatic rings. The summed E-state index contributed by atoms with van der Waals surface area (Å²) in [6, 6.07) is 1.29. The Balaban J connectivity index is 2.47. The zero-order chi connectivity index (χ0) is 15.2. The fourth-order valence-corrected chi connectivity index (χ4v) is 1.52. The molecule has 1 unspecified atom stereocenters. The summed E-state index contributed by atoms with van der Waals surface area (Å²) in [5.41, 5.74) is 6.99. The highest BCUT2D eigenvalue weighted by Crippen LogP contribution is 2.23. The van der Waals surface area contributed by atoms with E-state index in [1.165, 1.54) is 6.20 Å². The number of nitrogens with zero attached hydrogens (tertiary/aromatic N) is 1. The molecule has 4 nitrogen and oxygen atoms in total. The third-order valence-corrected chi connectivity index (χ3v) is 2.75. The van der Waals surface area contributed by atoms with Crippen LogP contribution in [-0.4, -0.2) is 43.6 Å². The second-order valence-corrected chi connectivity index (χ2v) is 4.34. The molecule has 0 aliphatic rings. The molecule has 8 heteroatoms. The molecule has 114 valence electrons. The molecule has 0 radical (unpaired) electrons. The van der Waals surface area contributed by atoms with Crippen LogP contribution in [-0.2, 0) is 11.2 Å². The van der Waals surface area contributed by atoms with E-state index >= 15 is 0 Å². The van der Waals surface area contributed by atoms with E-state index in [9.17, 15) is 17.6 Å². The largest absolute Gasteiger partial charge is 0.398 e. The maximum absolute atomic E-state index is 12.7. The van der Waals surface area contributed by atoms with Crippen molar-refractivity contribution in [2.24, 2.45) is 0 Å². The molecule has 0 aromatic carbocycles. The molecule has 0 bridgehead atoms. The molecule has 20 heavy (non-hydrogen) atoms. The third kappa shape index (κ3) is 4.93. The number of alkyl halides is 4. The zero-order valence-corrected chi connectivity index (χ0v) is 11.0. The number of halogens is 4. The van der Waals surface area contributed by atoms with Gasteiger partial charge in [0.2, 0.25) is 0 Å². The summed E-state index contributed by atoms with van der Waals surface area (Å²) in [5.74, 6) is -4.13. The predicted octanol–water partition coefficient (Wildman–Crippen LogP) is 1.71. The first-order valence-electron chi connectivity index (χ1n) is 5.96. The van der Waals surface area contributed by atoms with E-state index in [4.69, 9.17) is 5.73 Å². The molecule has 0 saturated carbocycles. The maximum atomic E-state index is 12.7. The second-order valence-electron chi connectivity index (χ2n) is 4.34. The molecule has 0 aliphatic heterocycles. The van der Waals surface area contributed by atoms with E-state index in [1.54, 1.807) is 19.3 Å². The van der Waals surface area contributed by atoms with Crippen molar-refractivity contribution in [1.29, 1.82) is 0 Å². The van der Waals surface area contributed by atoms with Crippen LogP contribution in [0.25, 0.3) is 0 Å². The highest BCUT2D eigenvalue weighted by atomic mass is 19.3. The van der Waals surface area contributed by atoms with Crippen LogP contribution in [0, 0.1) is 0 Å². The van der Waals surface area contributed by atoms with Crippen LogP contribution in [0.4, 0.5) is 23.2 Å². The van der Waals surface area contributed by atoms with Crippen LogP contribution in [0.2, 0.25) is 0 Å². The van der Waals surface area contributed by atoms with Gasteiger partial charge in [-0.05, 0) is 25.1 Å². The van der Waals surface area contributed by atoms with Crippen molar-refractivity contribution in [2.75, 3.05) is 26.0 Å². The Morgan fingerprint density at radius 1 is 1.45 bits per heavy atom. The van der Waals surface area contributed by atoms with E-state index in [0.717, 1.165) is 5.56 Å². The number of rotatable bonds is 8. The Bertz CT molecular complexity index is 417. The van der Waals surface area contributed by atoms with Crippen molar-refractivity contribution in [3.8, 4) is 0 Å². The van der Waals surface area contributed by atoms with Crippen molar-refractivity contribution in [3.63, 3.8) is 0 Å². The first kappa shape index (κ1) is 16.6. The SMILES string of the molecule is CNC(COCC(F)(F)C(F)F)Cc1cnccc1N. The van der Waals surface area contributed by atoms with Gasteiger partial charge in [0.15, 0.2) is 0 Å². The average Bonchev–Trinajstić information content (AvgIpc) is 2.39. The van der Waals surface area contributed by atoms with Gasteiger partial charge < -0.3 is 15.8 Å². The number of hydrogen-bond donors (Lipinski definition) is 2. The first-order chi connectivity index (χ1) is 9.36. The average molecular weight is 295 g/mol. The Morgan fingerprint density at radius 2 is 2.15 bits per heavy atom. The van der Waals surface area contributed by atoms with Crippen molar-refractivity contribution < 1.29 is 22.3 Å². The van der Waals surface area contributed by atoms with Gasteiger partial charge in [0.25, 0.3) is 0 Å². The van der Waals surface area contributed by atoms with Crippen LogP contribution in [0.15, 0.2) is 18.5 Å². The van der Waals surface area contributed by atoms with Gasteiger partial charge in [0.05, 0.1) is 6.61 Å². The fraction of sp³-hybridized carbons (Fsp3) is 0.583. The minimum absolute atomic E-state index is 0.132. The lowest BCUT2D eigenvalue weighted by Crippen LogP contribution is -2.37. The summed E-state index contributed by atoms with van der Waals surface area (Å²) in [5, 5.41) is 2.85. The van der Waals surface area contributed by atoms with E-state index in [-0.39, 0.29) is 12.6 Å². The van der Waals surface area contributed by atoms with Crippen molar-refractivity contribution >= 4 is 5.69 Å². The number of anilines is 1. The summed E-state index contributed by atoms with van der Waals surface area (Å²) in [4.78, 5) is 3.91. The number of likely N-dealkylation sites (N-methyl/N-ethyl adjacent to an activating group) is 1. The number of nitrogens with one attached hydrogen (secondary N) is 1. The number of nitrogens with two attached hydrogens (primary N) is 1. The molecular formula is C12H17F4N3O. The molecule has 1 atom stereocenters. The predicted molar refractivity (Wildman–Crippen MR) is 67.0 cm³/mol. The smallest absolute Gasteiger partial charge is 0.330 e. The van der Waals surface area contributed by atoms with Crippen molar-refractivity contribution in [2.45, 2.75) is 24.8 Å². The molecule has 0 aliphatic carbocycles. The van der Waals surface area contributed by atoms with Gasteiger partial charge in [-0.1, -0.05) is 0 Å². The van der Waals surface area contributed by atoms with E-state index < -0.39 is 19.0 Å². The minimum Gasteiger partial charge on any atom is -0.398 e. The molecule has 1 rings (SSSR count). The molecule has 1 aromatic heterocycles. The molecule has 0 fully saturated rings. The Kier molecular flexibility index (Phi) is 6.15. The molecular weight excluding hydrogens is 278 g/mol. The summed E-state index contributed by atoms with van der Waals surface area (Å²) in [6.07, 6.45) is -0.235. The summed E-state index contributed by atoms with van der Waals surface area (Å²) >= 11 is 0. The van der Waals surface area contributed by atoms with Gasteiger partial charge in [-0.25, -0.2) is 8.78 Å². The number of pyridine rings is 1. The highest BCUT2D eigenvalue weighted by Gasteiger charge is 2.41. The lowest BCUT2D eigenvalue weighted by atomic mass is 10.1. The monoisotopic (exact) mass is 295 g/mol. The quantitative estimate of drug-likeness (QED) is 0.717. The van der Waals surface area contributed by atoms with Crippen LogP contribution >= 0.6 is 0 Å². The first-order valence-corrected chi connectivity index (χ1v) is 5.96. The summed E-state index contributed by atoms with van der Waals surface area (Å²) in [7, 11) is 1.62. The highest BCUT2D eigenvalue weighted by molar-refractivity contribution is 5.44. The zero-order valence-electron chi connectivity index (χ0n) is 11.0. The summed E-state index contributed by atoms with van der Waals surface area (Å²) in [6.45, 7) is -1.45.